The van der Waals surface area contributed by atoms with Crippen molar-refractivity contribution in [1.82, 2.24) is 4.90 Å². The van der Waals surface area contributed by atoms with Crippen molar-refractivity contribution in [2.45, 2.75) is 43.1 Å². The molecule has 0 aromatic heterocycles. The number of nitrogens with zero attached hydrogens (tertiary/aromatic N) is 2. The maximum Gasteiger partial charge on any atom is 0.162 e. The second-order valence-corrected chi connectivity index (χ2v) is 5.67. The van der Waals surface area contributed by atoms with Gasteiger partial charge < -0.3 is 19.8 Å². The highest BCUT2D eigenvalue weighted by atomic mass is 32.2. The number of rotatable bonds is 3. The van der Waals surface area contributed by atoms with Crippen LogP contribution in [0.5, 0.6) is 0 Å². The summed E-state index contributed by atoms with van der Waals surface area (Å²) in [6, 6.07) is -0.229. The Morgan fingerprint density at radius 2 is 2.44 bits per heavy atom. The van der Waals surface area contributed by atoms with Crippen LogP contribution in [0.1, 0.15) is 13.3 Å². The number of fused-ring (bicyclic) bond motifs is 1. The molecule has 0 saturated carbocycles. The van der Waals surface area contributed by atoms with Gasteiger partial charge in [-0.1, -0.05) is 17.8 Å². The highest BCUT2D eigenvalue weighted by molar-refractivity contribution is 8.14. The molecule has 1 saturated heterocycles. The van der Waals surface area contributed by atoms with E-state index in [0.717, 1.165) is 11.7 Å². The van der Waals surface area contributed by atoms with Gasteiger partial charge in [0.15, 0.2) is 5.17 Å². The first kappa shape index (κ1) is 13.9. The van der Waals surface area contributed by atoms with E-state index in [1.165, 1.54) is 17.8 Å². The third-order valence-corrected chi connectivity index (χ3v) is 4.61. The van der Waals surface area contributed by atoms with Crippen LogP contribution in [-0.4, -0.2) is 63.7 Å². The lowest BCUT2D eigenvalue weighted by Gasteiger charge is -2.35. The van der Waals surface area contributed by atoms with Gasteiger partial charge in [-0.25, -0.2) is 0 Å². The topological polar surface area (TPSA) is 65.3 Å². The van der Waals surface area contributed by atoms with Crippen LogP contribution in [0.15, 0.2) is 17.6 Å². The third kappa shape index (κ3) is 2.56. The maximum absolute atomic E-state index is 10.1. The van der Waals surface area contributed by atoms with E-state index < -0.39 is 18.3 Å². The Bertz CT molecular complexity index is 350. The Labute approximate surface area is 112 Å². The summed E-state index contributed by atoms with van der Waals surface area (Å²) in [6.45, 7) is 6.46. The molecular formula is C12H20N2O3S. The summed E-state index contributed by atoms with van der Waals surface area (Å²) in [5.41, 5.74) is -0.211. The van der Waals surface area contributed by atoms with E-state index in [0.29, 0.717) is 6.42 Å². The number of aliphatic hydroxyl groups excluding tert-OH is 2. The number of thioether (sulfide) groups is 1. The lowest BCUT2D eigenvalue weighted by Crippen LogP contribution is -2.47. The molecule has 1 unspecified atom stereocenters. The SMILES string of the molecule is C=C[C@@H](O)C1C[C@H](O)[C@H]2N=C(N(C)CC)S[C@H]2O1. The molecule has 0 spiro atoms. The summed E-state index contributed by atoms with van der Waals surface area (Å²) < 4.78 is 5.80. The largest absolute Gasteiger partial charge is 0.391 e. The van der Waals surface area contributed by atoms with E-state index in [1.54, 1.807) is 0 Å². The van der Waals surface area contributed by atoms with Crippen molar-refractivity contribution in [2.75, 3.05) is 13.6 Å². The molecule has 5 atom stereocenters. The minimum Gasteiger partial charge on any atom is -0.391 e. The van der Waals surface area contributed by atoms with Gasteiger partial charge >= 0.3 is 0 Å². The van der Waals surface area contributed by atoms with Gasteiger partial charge in [0, 0.05) is 20.0 Å². The molecule has 0 aromatic carbocycles. The molecular weight excluding hydrogens is 252 g/mol. The summed E-state index contributed by atoms with van der Waals surface area (Å²) in [6.07, 6.45) is 0.124. The van der Waals surface area contributed by atoms with Crippen LogP contribution >= 0.6 is 11.8 Å². The van der Waals surface area contributed by atoms with Crippen LogP contribution in [0.25, 0.3) is 0 Å². The predicted molar refractivity (Wildman–Crippen MR) is 72.6 cm³/mol. The lowest BCUT2D eigenvalue weighted by molar-refractivity contribution is -0.105. The minimum absolute atomic E-state index is 0.211. The van der Waals surface area contributed by atoms with E-state index in [9.17, 15) is 10.2 Å². The Kier molecular flexibility index (Phi) is 4.32. The van der Waals surface area contributed by atoms with Crippen molar-refractivity contribution in [3.05, 3.63) is 12.7 Å². The number of ether oxygens (including phenoxy) is 1. The fourth-order valence-electron chi connectivity index (χ4n) is 2.07. The van der Waals surface area contributed by atoms with Gasteiger partial charge in [0.25, 0.3) is 0 Å². The van der Waals surface area contributed by atoms with Crippen LogP contribution in [-0.2, 0) is 4.74 Å². The van der Waals surface area contributed by atoms with Gasteiger partial charge in [-0.3, -0.25) is 4.99 Å². The molecule has 6 heteroatoms. The van der Waals surface area contributed by atoms with Gasteiger partial charge in [0.05, 0.1) is 18.3 Å². The van der Waals surface area contributed by atoms with E-state index in [2.05, 4.69) is 11.6 Å². The van der Waals surface area contributed by atoms with Gasteiger partial charge in [0.2, 0.25) is 0 Å². The van der Waals surface area contributed by atoms with E-state index in [-0.39, 0.29) is 11.5 Å². The molecule has 0 aliphatic carbocycles. The van der Waals surface area contributed by atoms with Crippen LogP contribution in [0, 0.1) is 0 Å². The van der Waals surface area contributed by atoms with Crippen molar-refractivity contribution < 1.29 is 14.9 Å². The standard InChI is InChI=1S/C12H20N2O3S/c1-4-7(15)9-6-8(16)10-11(17-9)18-12(13-10)14(3)5-2/h4,7-11,15-16H,1,5-6H2,2-3H3/t7-,8+,9?,10-,11-/m1/s1. The monoisotopic (exact) mass is 272 g/mol. The fourth-order valence-corrected chi connectivity index (χ4v) is 3.35. The van der Waals surface area contributed by atoms with Crippen molar-refractivity contribution in [2.24, 2.45) is 4.99 Å². The van der Waals surface area contributed by atoms with Crippen LogP contribution < -0.4 is 0 Å². The highest BCUT2D eigenvalue weighted by Gasteiger charge is 2.44. The molecule has 2 rings (SSSR count). The quantitative estimate of drug-likeness (QED) is 0.730. The zero-order valence-electron chi connectivity index (χ0n) is 10.7. The molecule has 2 heterocycles. The number of hydrogen-bond acceptors (Lipinski definition) is 6. The predicted octanol–water partition coefficient (Wildman–Crippen LogP) is 0.432. The van der Waals surface area contributed by atoms with Crippen LogP contribution in [0.2, 0.25) is 0 Å². The smallest absolute Gasteiger partial charge is 0.162 e. The van der Waals surface area contributed by atoms with Gasteiger partial charge in [-0.15, -0.1) is 6.58 Å². The molecule has 0 amide bonds. The molecule has 2 aliphatic heterocycles. The van der Waals surface area contributed by atoms with Crippen LogP contribution in [0.3, 0.4) is 0 Å². The van der Waals surface area contributed by atoms with Crippen molar-refractivity contribution >= 4 is 16.9 Å². The van der Waals surface area contributed by atoms with Gasteiger partial charge in [0.1, 0.15) is 11.5 Å². The van der Waals surface area contributed by atoms with Gasteiger partial charge in [-0.2, -0.15) is 0 Å². The zero-order chi connectivity index (χ0) is 13.3. The first-order valence-electron chi connectivity index (χ1n) is 6.16. The molecule has 0 aromatic rings. The first-order valence-corrected chi connectivity index (χ1v) is 7.04. The molecule has 1 fully saturated rings. The normalized spacial score (nSPS) is 36.8. The van der Waals surface area contributed by atoms with E-state index in [4.69, 9.17) is 4.74 Å². The van der Waals surface area contributed by atoms with Crippen molar-refractivity contribution in [3.8, 4) is 0 Å². The minimum atomic E-state index is -0.742. The molecule has 0 bridgehead atoms. The summed E-state index contributed by atoms with van der Waals surface area (Å²) in [5, 5.41) is 20.7. The number of aliphatic imine (C=N–C) groups is 1. The maximum atomic E-state index is 10.1. The highest BCUT2D eigenvalue weighted by Crippen LogP contribution is 2.37. The lowest BCUT2D eigenvalue weighted by atomic mass is 9.98. The van der Waals surface area contributed by atoms with E-state index >= 15 is 0 Å². The zero-order valence-corrected chi connectivity index (χ0v) is 11.5. The molecule has 18 heavy (non-hydrogen) atoms. The first-order chi connectivity index (χ1) is 8.56. The molecule has 2 aliphatic rings. The Morgan fingerprint density at radius 1 is 1.72 bits per heavy atom. The molecule has 5 nitrogen and oxygen atoms in total. The molecule has 2 N–H and O–H groups in total. The molecule has 0 radical (unpaired) electrons. The summed E-state index contributed by atoms with van der Waals surface area (Å²) in [7, 11) is 1.96. The van der Waals surface area contributed by atoms with Crippen molar-refractivity contribution in [3.63, 3.8) is 0 Å². The number of aliphatic hydroxyl groups is 2. The average molecular weight is 272 g/mol. The second kappa shape index (κ2) is 5.61. The van der Waals surface area contributed by atoms with Crippen LogP contribution in [0.4, 0.5) is 0 Å². The fraction of sp³-hybridized carbons (Fsp3) is 0.750. The Balaban J connectivity index is 2.06. The number of amidine groups is 1. The van der Waals surface area contributed by atoms with E-state index in [1.807, 2.05) is 18.9 Å². The Morgan fingerprint density at radius 3 is 3.06 bits per heavy atom. The second-order valence-electron chi connectivity index (χ2n) is 4.61. The average Bonchev–Trinajstić information content (AvgIpc) is 2.81. The van der Waals surface area contributed by atoms with Crippen molar-refractivity contribution in [1.29, 1.82) is 0 Å². The summed E-state index contributed by atoms with van der Waals surface area (Å²) in [4.78, 5) is 6.53. The Hall–Kier alpha value is -0.560. The summed E-state index contributed by atoms with van der Waals surface area (Å²) in [5.74, 6) is 0. The summed E-state index contributed by atoms with van der Waals surface area (Å²) >= 11 is 1.51. The van der Waals surface area contributed by atoms with Gasteiger partial charge in [-0.05, 0) is 6.92 Å². The molecule has 102 valence electrons. The number of hydrogen-bond donors (Lipinski definition) is 2. The third-order valence-electron chi connectivity index (χ3n) is 3.36.